The Kier molecular flexibility index (Phi) is 5.64. The van der Waals surface area contributed by atoms with Gasteiger partial charge in [0.25, 0.3) is 5.91 Å². The van der Waals surface area contributed by atoms with E-state index in [2.05, 4.69) is 5.32 Å². The van der Waals surface area contributed by atoms with Gasteiger partial charge in [-0.2, -0.15) is 0 Å². The molecule has 0 atom stereocenters. The lowest BCUT2D eigenvalue weighted by Gasteiger charge is -2.09. The summed E-state index contributed by atoms with van der Waals surface area (Å²) in [5, 5.41) is 3.47. The Balaban J connectivity index is 1.82. The van der Waals surface area contributed by atoms with Crippen LogP contribution in [0.1, 0.15) is 37.4 Å². The molecule has 0 bridgehead atoms. The third kappa shape index (κ3) is 4.38. The standard InChI is InChI=1S/C22H17Cl2NO2/c1-13-6-7-16(10-14(13)2)21(26)15-4-3-5-18(11-15)25-22(27)17-8-9-19(23)20(24)12-17/h3-12H,1-2H3,(H,25,27). The van der Waals surface area contributed by atoms with Gasteiger partial charge in [-0.1, -0.05) is 47.5 Å². The van der Waals surface area contributed by atoms with Crippen LogP contribution in [0.3, 0.4) is 0 Å². The molecule has 0 saturated heterocycles. The first-order valence-corrected chi connectivity index (χ1v) is 9.09. The van der Waals surface area contributed by atoms with Crippen molar-refractivity contribution in [3.05, 3.63) is 98.5 Å². The van der Waals surface area contributed by atoms with Crippen molar-refractivity contribution in [2.45, 2.75) is 13.8 Å². The molecule has 3 aromatic rings. The first kappa shape index (κ1) is 19.2. The maximum atomic E-state index is 12.8. The Hall–Kier alpha value is -2.62. The average Bonchev–Trinajstić information content (AvgIpc) is 2.65. The number of aryl methyl sites for hydroxylation is 2. The second-order valence-electron chi connectivity index (χ2n) is 6.29. The van der Waals surface area contributed by atoms with Crippen LogP contribution in [-0.2, 0) is 0 Å². The number of hydrogen-bond acceptors (Lipinski definition) is 2. The molecule has 0 aromatic heterocycles. The van der Waals surface area contributed by atoms with Crippen molar-refractivity contribution in [3.63, 3.8) is 0 Å². The minimum absolute atomic E-state index is 0.0938. The Labute approximate surface area is 167 Å². The summed E-state index contributed by atoms with van der Waals surface area (Å²) in [6.45, 7) is 3.97. The second kappa shape index (κ2) is 7.95. The quantitative estimate of drug-likeness (QED) is 0.541. The highest BCUT2D eigenvalue weighted by Crippen LogP contribution is 2.23. The molecule has 0 fully saturated rings. The number of rotatable bonds is 4. The fourth-order valence-corrected chi connectivity index (χ4v) is 2.93. The SMILES string of the molecule is Cc1ccc(C(=O)c2cccc(NC(=O)c3ccc(Cl)c(Cl)c3)c2)cc1C. The van der Waals surface area contributed by atoms with Gasteiger partial charge in [-0.05, 0) is 61.4 Å². The van der Waals surface area contributed by atoms with Gasteiger partial charge in [0, 0.05) is 22.4 Å². The lowest BCUT2D eigenvalue weighted by molar-refractivity contribution is 0.102. The summed E-state index contributed by atoms with van der Waals surface area (Å²) < 4.78 is 0. The molecule has 1 N–H and O–H groups in total. The molecule has 27 heavy (non-hydrogen) atoms. The number of nitrogens with one attached hydrogen (secondary N) is 1. The summed E-state index contributed by atoms with van der Waals surface area (Å²) in [6, 6.07) is 17.1. The fourth-order valence-electron chi connectivity index (χ4n) is 2.63. The lowest BCUT2D eigenvalue weighted by atomic mass is 9.99. The molecule has 0 aliphatic carbocycles. The number of anilines is 1. The first-order valence-electron chi connectivity index (χ1n) is 8.33. The third-order valence-corrected chi connectivity index (χ3v) is 5.07. The third-order valence-electron chi connectivity index (χ3n) is 4.33. The van der Waals surface area contributed by atoms with Crippen LogP contribution in [0.15, 0.2) is 60.7 Å². The topological polar surface area (TPSA) is 46.2 Å². The molecule has 0 aliphatic heterocycles. The fraction of sp³-hybridized carbons (Fsp3) is 0.0909. The number of halogens is 2. The van der Waals surface area contributed by atoms with Gasteiger partial charge in [0.05, 0.1) is 10.0 Å². The number of carbonyl (C=O) groups is 2. The van der Waals surface area contributed by atoms with E-state index in [-0.39, 0.29) is 11.7 Å². The largest absolute Gasteiger partial charge is 0.322 e. The molecule has 0 aliphatic rings. The van der Waals surface area contributed by atoms with Gasteiger partial charge in [-0.25, -0.2) is 0 Å². The molecule has 0 saturated carbocycles. The zero-order valence-corrected chi connectivity index (χ0v) is 16.4. The van der Waals surface area contributed by atoms with E-state index in [9.17, 15) is 9.59 Å². The Morgan fingerprint density at radius 2 is 1.44 bits per heavy atom. The maximum absolute atomic E-state index is 12.8. The van der Waals surface area contributed by atoms with Crippen LogP contribution in [-0.4, -0.2) is 11.7 Å². The van der Waals surface area contributed by atoms with Crippen molar-refractivity contribution in [2.75, 3.05) is 5.32 Å². The molecular weight excluding hydrogens is 381 g/mol. The molecule has 0 radical (unpaired) electrons. The van der Waals surface area contributed by atoms with Crippen molar-refractivity contribution in [3.8, 4) is 0 Å². The van der Waals surface area contributed by atoms with Gasteiger partial charge in [0.15, 0.2) is 5.78 Å². The zero-order valence-electron chi connectivity index (χ0n) is 14.8. The molecule has 1 amide bonds. The zero-order chi connectivity index (χ0) is 19.6. The van der Waals surface area contributed by atoms with Gasteiger partial charge in [-0.15, -0.1) is 0 Å². The molecule has 0 heterocycles. The second-order valence-corrected chi connectivity index (χ2v) is 7.11. The number of hydrogen-bond donors (Lipinski definition) is 1. The summed E-state index contributed by atoms with van der Waals surface area (Å²) >= 11 is 11.8. The minimum Gasteiger partial charge on any atom is -0.322 e. The number of amides is 1. The van der Waals surface area contributed by atoms with E-state index in [4.69, 9.17) is 23.2 Å². The van der Waals surface area contributed by atoms with E-state index < -0.39 is 0 Å². The Bertz CT molecular complexity index is 1040. The predicted octanol–water partition coefficient (Wildman–Crippen LogP) is 6.09. The van der Waals surface area contributed by atoms with Crippen molar-refractivity contribution in [2.24, 2.45) is 0 Å². The van der Waals surface area contributed by atoms with Crippen LogP contribution in [0, 0.1) is 13.8 Å². The molecule has 0 spiro atoms. The predicted molar refractivity (Wildman–Crippen MR) is 110 cm³/mol. The van der Waals surface area contributed by atoms with Crippen molar-refractivity contribution in [1.29, 1.82) is 0 Å². The summed E-state index contributed by atoms with van der Waals surface area (Å²) in [4.78, 5) is 25.2. The average molecular weight is 398 g/mol. The normalized spacial score (nSPS) is 10.5. The van der Waals surface area contributed by atoms with Crippen LogP contribution in [0.2, 0.25) is 10.0 Å². The highest BCUT2D eigenvalue weighted by molar-refractivity contribution is 6.42. The summed E-state index contributed by atoms with van der Waals surface area (Å²) in [5.41, 5.74) is 4.23. The van der Waals surface area contributed by atoms with E-state index in [0.717, 1.165) is 11.1 Å². The van der Waals surface area contributed by atoms with E-state index in [1.54, 1.807) is 36.4 Å². The van der Waals surface area contributed by atoms with Crippen molar-refractivity contribution < 1.29 is 9.59 Å². The smallest absolute Gasteiger partial charge is 0.255 e. The van der Waals surface area contributed by atoms with E-state index in [0.29, 0.717) is 32.4 Å². The van der Waals surface area contributed by atoms with Gasteiger partial charge < -0.3 is 5.32 Å². The van der Waals surface area contributed by atoms with Crippen LogP contribution in [0.5, 0.6) is 0 Å². The molecule has 3 nitrogen and oxygen atoms in total. The molecule has 0 unspecified atom stereocenters. The highest BCUT2D eigenvalue weighted by atomic mass is 35.5. The van der Waals surface area contributed by atoms with E-state index in [1.807, 2.05) is 32.0 Å². The van der Waals surface area contributed by atoms with Crippen LogP contribution in [0.4, 0.5) is 5.69 Å². The molecular formula is C22H17Cl2NO2. The Morgan fingerprint density at radius 3 is 2.15 bits per heavy atom. The molecule has 136 valence electrons. The summed E-state index contributed by atoms with van der Waals surface area (Å²) in [5.74, 6) is -0.423. The maximum Gasteiger partial charge on any atom is 0.255 e. The van der Waals surface area contributed by atoms with Gasteiger partial charge in [0.2, 0.25) is 0 Å². The number of ketones is 1. The van der Waals surface area contributed by atoms with Gasteiger partial charge in [-0.3, -0.25) is 9.59 Å². The molecule has 5 heteroatoms. The molecule has 3 aromatic carbocycles. The van der Waals surface area contributed by atoms with Crippen molar-refractivity contribution in [1.82, 2.24) is 0 Å². The number of carbonyl (C=O) groups excluding carboxylic acids is 2. The van der Waals surface area contributed by atoms with E-state index >= 15 is 0 Å². The van der Waals surface area contributed by atoms with Crippen LogP contribution < -0.4 is 5.32 Å². The Morgan fingerprint density at radius 1 is 0.741 bits per heavy atom. The summed E-state index contributed by atoms with van der Waals surface area (Å²) in [6.07, 6.45) is 0. The highest BCUT2D eigenvalue weighted by Gasteiger charge is 2.13. The van der Waals surface area contributed by atoms with Crippen LogP contribution >= 0.6 is 23.2 Å². The lowest BCUT2D eigenvalue weighted by Crippen LogP contribution is -2.12. The monoisotopic (exact) mass is 397 g/mol. The van der Waals surface area contributed by atoms with Crippen molar-refractivity contribution >= 4 is 40.6 Å². The van der Waals surface area contributed by atoms with Gasteiger partial charge in [0.1, 0.15) is 0 Å². The number of benzene rings is 3. The molecule has 3 rings (SSSR count). The minimum atomic E-state index is -0.329. The van der Waals surface area contributed by atoms with Gasteiger partial charge >= 0.3 is 0 Å². The summed E-state index contributed by atoms with van der Waals surface area (Å²) in [7, 11) is 0. The van der Waals surface area contributed by atoms with Crippen LogP contribution in [0.25, 0.3) is 0 Å². The first-order chi connectivity index (χ1) is 12.8. The van der Waals surface area contributed by atoms with E-state index in [1.165, 1.54) is 6.07 Å².